The van der Waals surface area contributed by atoms with Gasteiger partial charge in [-0.3, -0.25) is 9.59 Å². The van der Waals surface area contributed by atoms with Crippen LogP contribution in [0, 0.1) is 5.92 Å². The van der Waals surface area contributed by atoms with E-state index in [-0.39, 0.29) is 17.6 Å². The molecular weight excluding hydrogens is 194 g/mol. The molecule has 0 aromatic rings. The van der Waals surface area contributed by atoms with Gasteiger partial charge in [0.05, 0.1) is 12.0 Å². The average Bonchev–Trinajstić information content (AvgIpc) is 2.24. The molecule has 1 saturated heterocycles. The van der Waals surface area contributed by atoms with Crippen LogP contribution < -0.4 is 0 Å². The summed E-state index contributed by atoms with van der Waals surface area (Å²) in [5.74, 6) is 0.376. The van der Waals surface area contributed by atoms with Crippen molar-refractivity contribution in [1.29, 1.82) is 0 Å². The van der Waals surface area contributed by atoms with E-state index in [1.807, 2.05) is 4.90 Å². The zero-order valence-corrected chi connectivity index (χ0v) is 9.07. The van der Waals surface area contributed by atoms with Gasteiger partial charge in [0, 0.05) is 33.0 Å². The first-order valence-corrected chi connectivity index (χ1v) is 5.54. The molecule has 0 aromatic carbocycles. The van der Waals surface area contributed by atoms with E-state index in [4.69, 9.17) is 4.74 Å². The van der Waals surface area contributed by atoms with Crippen LogP contribution in [0.25, 0.3) is 0 Å². The maximum Gasteiger partial charge on any atom is 0.226 e. The van der Waals surface area contributed by atoms with Crippen LogP contribution in [0.3, 0.4) is 0 Å². The Hall–Kier alpha value is -0.900. The van der Waals surface area contributed by atoms with E-state index in [2.05, 4.69) is 0 Å². The summed E-state index contributed by atoms with van der Waals surface area (Å²) in [4.78, 5) is 24.5. The molecule has 4 nitrogen and oxygen atoms in total. The van der Waals surface area contributed by atoms with Gasteiger partial charge in [0.25, 0.3) is 0 Å². The van der Waals surface area contributed by atoms with E-state index in [0.29, 0.717) is 18.9 Å². The van der Waals surface area contributed by atoms with E-state index < -0.39 is 0 Å². The van der Waals surface area contributed by atoms with Gasteiger partial charge in [0.15, 0.2) is 0 Å². The minimum Gasteiger partial charge on any atom is -0.381 e. The Bertz CT molecular complexity index is 261. The standard InChI is InChI=1S/C11H17NO3/c1-15-10-2-4-12(5-3-10)11(14)8-6-9(13)7-8/h8,10H,2-7H2,1H3. The number of methoxy groups -OCH3 is 1. The topological polar surface area (TPSA) is 46.6 Å². The van der Waals surface area contributed by atoms with E-state index >= 15 is 0 Å². The number of amides is 1. The van der Waals surface area contributed by atoms with Crippen molar-refractivity contribution in [2.45, 2.75) is 31.8 Å². The number of hydrogen-bond donors (Lipinski definition) is 0. The van der Waals surface area contributed by atoms with Crippen LogP contribution in [0.15, 0.2) is 0 Å². The molecule has 2 fully saturated rings. The smallest absolute Gasteiger partial charge is 0.226 e. The number of rotatable bonds is 2. The van der Waals surface area contributed by atoms with Crippen LogP contribution in [-0.2, 0) is 14.3 Å². The molecule has 2 aliphatic rings. The molecule has 1 aliphatic carbocycles. The number of nitrogens with zero attached hydrogens (tertiary/aromatic N) is 1. The zero-order chi connectivity index (χ0) is 10.8. The molecule has 0 N–H and O–H groups in total. The molecule has 4 heteroatoms. The average molecular weight is 211 g/mol. The molecule has 0 bridgehead atoms. The Labute approximate surface area is 89.6 Å². The lowest BCUT2D eigenvalue weighted by molar-refractivity contribution is -0.146. The number of Topliss-reactive ketones (excluding diaryl/α,β-unsaturated/α-hetero) is 1. The lowest BCUT2D eigenvalue weighted by Crippen LogP contribution is -2.46. The van der Waals surface area contributed by atoms with Gasteiger partial charge in [-0.2, -0.15) is 0 Å². The molecule has 1 saturated carbocycles. The SMILES string of the molecule is COC1CCN(C(=O)C2CC(=O)C2)CC1. The summed E-state index contributed by atoms with van der Waals surface area (Å²) >= 11 is 0. The van der Waals surface area contributed by atoms with Gasteiger partial charge in [-0.1, -0.05) is 0 Å². The van der Waals surface area contributed by atoms with Crippen molar-refractivity contribution in [3.8, 4) is 0 Å². The van der Waals surface area contributed by atoms with Gasteiger partial charge in [0.1, 0.15) is 5.78 Å². The van der Waals surface area contributed by atoms with Crippen LogP contribution in [0.2, 0.25) is 0 Å². The van der Waals surface area contributed by atoms with Crippen LogP contribution in [0.4, 0.5) is 0 Å². The fourth-order valence-corrected chi connectivity index (χ4v) is 2.23. The van der Waals surface area contributed by atoms with Crippen molar-refractivity contribution < 1.29 is 14.3 Å². The van der Waals surface area contributed by atoms with Crippen molar-refractivity contribution in [3.05, 3.63) is 0 Å². The molecule has 0 unspecified atom stereocenters. The third kappa shape index (κ3) is 2.20. The fraction of sp³-hybridized carbons (Fsp3) is 0.818. The maximum atomic E-state index is 11.9. The second kappa shape index (κ2) is 4.31. The van der Waals surface area contributed by atoms with Gasteiger partial charge < -0.3 is 9.64 Å². The lowest BCUT2D eigenvalue weighted by atomic mass is 9.82. The normalized spacial score (nSPS) is 24.1. The minimum atomic E-state index is -0.0170. The van der Waals surface area contributed by atoms with E-state index in [0.717, 1.165) is 25.9 Å². The Morgan fingerprint density at radius 3 is 2.40 bits per heavy atom. The van der Waals surface area contributed by atoms with Crippen molar-refractivity contribution in [3.63, 3.8) is 0 Å². The summed E-state index contributed by atoms with van der Waals surface area (Å²) in [6.07, 6.45) is 3.06. The van der Waals surface area contributed by atoms with Crippen molar-refractivity contribution in [2.24, 2.45) is 5.92 Å². The molecule has 0 spiro atoms. The number of piperidine rings is 1. The molecule has 1 heterocycles. The van der Waals surface area contributed by atoms with Crippen LogP contribution >= 0.6 is 0 Å². The predicted molar refractivity (Wildman–Crippen MR) is 54.3 cm³/mol. The number of ketones is 1. The van der Waals surface area contributed by atoms with Crippen molar-refractivity contribution in [2.75, 3.05) is 20.2 Å². The first-order valence-electron chi connectivity index (χ1n) is 5.54. The monoisotopic (exact) mass is 211 g/mol. The van der Waals surface area contributed by atoms with Crippen LogP contribution in [0.5, 0.6) is 0 Å². The lowest BCUT2D eigenvalue weighted by Gasteiger charge is -2.35. The summed E-state index contributed by atoms with van der Waals surface area (Å²) in [6, 6.07) is 0. The summed E-state index contributed by atoms with van der Waals surface area (Å²) in [5.41, 5.74) is 0. The molecule has 0 atom stereocenters. The van der Waals surface area contributed by atoms with Gasteiger partial charge in [-0.15, -0.1) is 0 Å². The van der Waals surface area contributed by atoms with E-state index in [1.54, 1.807) is 7.11 Å². The summed E-state index contributed by atoms with van der Waals surface area (Å²) < 4.78 is 5.24. The maximum absolute atomic E-state index is 11.9. The Morgan fingerprint density at radius 1 is 1.33 bits per heavy atom. The summed E-state index contributed by atoms with van der Waals surface area (Å²) in [7, 11) is 1.72. The highest BCUT2D eigenvalue weighted by Crippen LogP contribution is 2.26. The Morgan fingerprint density at radius 2 is 1.93 bits per heavy atom. The molecule has 2 rings (SSSR count). The minimum absolute atomic E-state index is 0.0170. The van der Waals surface area contributed by atoms with Gasteiger partial charge in [-0.25, -0.2) is 0 Å². The third-order valence-corrected chi connectivity index (χ3v) is 3.38. The number of carbonyl (C=O) groups excluding carboxylic acids is 2. The van der Waals surface area contributed by atoms with Crippen molar-refractivity contribution in [1.82, 2.24) is 4.90 Å². The molecule has 15 heavy (non-hydrogen) atoms. The number of likely N-dealkylation sites (tertiary alicyclic amines) is 1. The van der Waals surface area contributed by atoms with Gasteiger partial charge in [0.2, 0.25) is 5.91 Å². The highest BCUT2D eigenvalue weighted by Gasteiger charge is 2.36. The molecule has 1 amide bonds. The first-order chi connectivity index (χ1) is 7.20. The predicted octanol–water partition coefficient (Wildman–Crippen LogP) is 0.603. The number of hydrogen-bond acceptors (Lipinski definition) is 3. The van der Waals surface area contributed by atoms with Crippen molar-refractivity contribution >= 4 is 11.7 Å². The summed E-state index contributed by atoms with van der Waals surface area (Å²) in [6.45, 7) is 1.56. The number of ether oxygens (including phenoxy) is 1. The zero-order valence-electron chi connectivity index (χ0n) is 9.07. The van der Waals surface area contributed by atoms with Crippen LogP contribution in [-0.4, -0.2) is 42.9 Å². The fourth-order valence-electron chi connectivity index (χ4n) is 2.23. The molecule has 1 aliphatic heterocycles. The molecular formula is C11H17NO3. The Kier molecular flexibility index (Phi) is 3.05. The van der Waals surface area contributed by atoms with Crippen LogP contribution in [0.1, 0.15) is 25.7 Å². The second-order valence-corrected chi connectivity index (χ2v) is 4.40. The first kappa shape index (κ1) is 10.6. The quantitative estimate of drug-likeness (QED) is 0.672. The molecule has 0 radical (unpaired) electrons. The van der Waals surface area contributed by atoms with E-state index in [9.17, 15) is 9.59 Å². The second-order valence-electron chi connectivity index (χ2n) is 4.40. The Balaban J connectivity index is 1.80. The van der Waals surface area contributed by atoms with Gasteiger partial charge >= 0.3 is 0 Å². The number of carbonyl (C=O) groups is 2. The van der Waals surface area contributed by atoms with E-state index in [1.165, 1.54) is 0 Å². The largest absolute Gasteiger partial charge is 0.381 e. The highest BCUT2D eigenvalue weighted by molar-refractivity contribution is 5.96. The highest BCUT2D eigenvalue weighted by atomic mass is 16.5. The van der Waals surface area contributed by atoms with Gasteiger partial charge in [-0.05, 0) is 12.8 Å². The summed E-state index contributed by atoms with van der Waals surface area (Å²) in [5, 5.41) is 0. The molecule has 0 aromatic heterocycles. The molecule has 84 valence electrons. The third-order valence-electron chi connectivity index (χ3n) is 3.38.